The molecule has 0 fully saturated rings. The summed E-state index contributed by atoms with van der Waals surface area (Å²) in [6.07, 6.45) is 0.328. The number of nitriles is 1. The number of anilines is 1. The van der Waals surface area contributed by atoms with Crippen LogP contribution >= 0.6 is 11.6 Å². The summed E-state index contributed by atoms with van der Waals surface area (Å²) in [7, 11) is 0. The number of ether oxygens (including phenoxy) is 1. The van der Waals surface area contributed by atoms with Crippen molar-refractivity contribution in [3.63, 3.8) is 0 Å². The zero-order valence-corrected chi connectivity index (χ0v) is 15.1. The summed E-state index contributed by atoms with van der Waals surface area (Å²) in [5.41, 5.74) is -4.85. The van der Waals surface area contributed by atoms with Gasteiger partial charge in [-0.3, -0.25) is 4.79 Å². The van der Waals surface area contributed by atoms with Crippen molar-refractivity contribution in [2.24, 2.45) is 0 Å². The number of halogens is 5. The van der Waals surface area contributed by atoms with E-state index in [-0.39, 0.29) is 16.5 Å². The smallest absolute Gasteiger partial charge is 0.417 e. The molecule has 0 unspecified atom stereocenters. The third-order valence-electron chi connectivity index (χ3n) is 3.66. The Morgan fingerprint density at radius 1 is 1.28 bits per heavy atom. The molecule has 2 aromatic rings. The zero-order chi connectivity index (χ0) is 21.8. The highest BCUT2D eigenvalue weighted by molar-refractivity contribution is 6.30. The number of benzene rings is 2. The fourth-order valence-corrected chi connectivity index (χ4v) is 2.23. The summed E-state index contributed by atoms with van der Waals surface area (Å²) in [5, 5.41) is 20.9. The molecule has 1 atom stereocenters. The lowest BCUT2D eigenvalue weighted by Gasteiger charge is -2.22. The van der Waals surface area contributed by atoms with Crippen molar-refractivity contribution >= 4 is 23.2 Å². The number of rotatable bonds is 5. The minimum absolute atomic E-state index is 0.0916. The normalized spacial score (nSPS) is 13.0. The van der Waals surface area contributed by atoms with Crippen molar-refractivity contribution < 1.29 is 32.2 Å². The second kappa shape index (κ2) is 8.39. The first-order valence-electron chi connectivity index (χ1n) is 7.71. The Kier molecular flexibility index (Phi) is 6.38. The van der Waals surface area contributed by atoms with Crippen molar-refractivity contribution in [1.82, 2.24) is 0 Å². The second-order valence-corrected chi connectivity index (χ2v) is 6.10. The minimum Gasteiger partial charge on any atom is -0.489 e. The molecule has 0 saturated heterocycles. The monoisotopic (exact) mass is 426 g/mol. The Hall–Kier alpha value is -3.27. The van der Waals surface area contributed by atoms with E-state index in [0.29, 0.717) is 6.07 Å². The molecule has 0 heterocycles. The maximum atomic E-state index is 13.4. The summed E-state index contributed by atoms with van der Waals surface area (Å²) in [4.78, 5) is 12.3. The molecule has 0 saturated carbocycles. The van der Waals surface area contributed by atoms with Crippen LogP contribution in [-0.4, -0.2) is 23.2 Å². The molecule has 0 aliphatic heterocycles. The van der Waals surface area contributed by atoms with Gasteiger partial charge in [0.05, 0.1) is 22.2 Å². The number of hydrogen-bond donors (Lipinski definition) is 2. The van der Waals surface area contributed by atoms with E-state index in [1.54, 1.807) is 5.92 Å². The van der Waals surface area contributed by atoms with Gasteiger partial charge in [0.15, 0.2) is 0 Å². The van der Waals surface area contributed by atoms with Crippen molar-refractivity contribution in [2.45, 2.75) is 11.8 Å². The molecule has 29 heavy (non-hydrogen) atoms. The van der Waals surface area contributed by atoms with Gasteiger partial charge in [0, 0.05) is 11.8 Å². The molecule has 5 nitrogen and oxygen atoms in total. The Morgan fingerprint density at radius 3 is 2.52 bits per heavy atom. The fourth-order valence-electron chi connectivity index (χ4n) is 2.12. The SMILES string of the molecule is C#C[C@@](O)(COc1ccc(Cl)c(F)c1)C(=O)Nc1ccc(C#N)c(C(F)(F)F)c1. The molecule has 0 radical (unpaired) electrons. The van der Waals surface area contributed by atoms with Gasteiger partial charge < -0.3 is 15.2 Å². The molecule has 0 spiro atoms. The summed E-state index contributed by atoms with van der Waals surface area (Å²) in [5.74, 6) is -0.373. The number of carbonyl (C=O) groups is 1. The molecule has 2 aromatic carbocycles. The first kappa shape index (κ1) is 22.0. The van der Waals surface area contributed by atoms with Gasteiger partial charge in [0.2, 0.25) is 5.60 Å². The van der Waals surface area contributed by atoms with Gasteiger partial charge in [-0.05, 0) is 30.3 Å². The lowest BCUT2D eigenvalue weighted by atomic mass is 10.0. The molecular weight excluding hydrogens is 416 g/mol. The molecule has 2 rings (SSSR count). The molecule has 10 heteroatoms. The summed E-state index contributed by atoms with van der Waals surface area (Å²) >= 11 is 5.53. The van der Waals surface area contributed by atoms with Crippen LogP contribution in [-0.2, 0) is 11.0 Å². The van der Waals surface area contributed by atoms with Crippen LogP contribution in [0, 0.1) is 29.5 Å². The third kappa shape index (κ3) is 5.17. The zero-order valence-electron chi connectivity index (χ0n) is 14.3. The highest BCUT2D eigenvalue weighted by Gasteiger charge is 2.37. The largest absolute Gasteiger partial charge is 0.489 e. The Bertz CT molecular complexity index is 1030. The van der Waals surface area contributed by atoms with Crippen LogP contribution in [0.3, 0.4) is 0 Å². The highest BCUT2D eigenvalue weighted by Crippen LogP contribution is 2.33. The van der Waals surface area contributed by atoms with Crippen LogP contribution in [0.15, 0.2) is 36.4 Å². The van der Waals surface area contributed by atoms with Gasteiger partial charge in [-0.15, -0.1) is 6.42 Å². The van der Waals surface area contributed by atoms with Gasteiger partial charge in [0.1, 0.15) is 18.2 Å². The van der Waals surface area contributed by atoms with Crippen molar-refractivity contribution in [2.75, 3.05) is 11.9 Å². The van der Waals surface area contributed by atoms with E-state index in [0.717, 1.165) is 18.2 Å². The molecule has 0 bridgehead atoms. The number of carbonyl (C=O) groups excluding carboxylic acids is 1. The van der Waals surface area contributed by atoms with Gasteiger partial charge in [0.25, 0.3) is 5.91 Å². The number of nitrogens with one attached hydrogen (secondary N) is 1. The Morgan fingerprint density at radius 2 is 1.97 bits per heavy atom. The van der Waals surface area contributed by atoms with E-state index in [9.17, 15) is 27.5 Å². The lowest BCUT2D eigenvalue weighted by molar-refractivity contribution is -0.138. The minimum atomic E-state index is -4.84. The van der Waals surface area contributed by atoms with Crippen LogP contribution in [0.1, 0.15) is 11.1 Å². The quantitative estimate of drug-likeness (QED) is 0.563. The van der Waals surface area contributed by atoms with Crippen LogP contribution in [0.5, 0.6) is 5.75 Å². The number of alkyl halides is 3. The van der Waals surface area contributed by atoms with Crippen LogP contribution in [0.25, 0.3) is 0 Å². The molecule has 0 aromatic heterocycles. The Labute approximate surface area is 167 Å². The van der Waals surface area contributed by atoms with Gasteiger partial charge in [-0.25, -0.2) is 4.39 Å². The van der Waals surface area contributed by atoms with Crippen LogP contribution < -0.4 is 10.1 Å². The first-order valence-corrected chi connectivity index (χ1v) is 8.09. The molecule has 150 valence electrons. The van der Waals surface area contributed by atoms with E-state index in [4.69, 9.17) is 28.0 Å². The molecule has 0 aliphatic rings. The predicted molar refractivity (Wildman–Crippen MR) is 95.5 cm³/mol. The van der Waals surface area contributed by atoms with Crippen molar-refractivity contribution in [3.8, 4) is 24.2 Å². The van der Waals surface area contributed by atoms with Crippen molar-refractivity contribution in [3.05, 3.63) is 58.4 Å². The van der Waals surface area contributed by atoms with Gasteiger partial charge in [-0.1, -0.05) is 17.5 Å². The van der Waals surface area contributed by atoms with E-state index in [1.807, 2.05) is 5.32 Å². The molecular formula is C19H11ClF4N2O3. The van der Waals surface area contributed by atoms with Gasteiger partial charge >= 0.3 is 6.18 Å². The number of amides is 1. The average molecular weight is 427 g/mol. The number of nitrogens with zero attached hydrogens (tertiary/aromatic N) is 1. The topological polar surface area (TPSA) is 82.3 Å². The summed E-state index contributed by atoms with van der Waals surface area (Å²) in [6.45, 7) is -0.821. The average Bonchev–Trinajstić information content (AvgIpc) is 2.67. The summed E-state index contributed by atoms with van der Waals surface area (Å²) in [6, 6.07) is 7.16. The fraction of sp³-hybridized carbons (Fsp3) is 0.158. The lowest BCUT2D eigenvalue weighted by Crippen LogP contribution is -2.46. The van der Waals surface area contributed by atoms with Crippen LogP contribution in [0.4, 0.5) is 23.2 Å². The van der Waals surface area contributed by atoms with E-state index < -0.39 is 41.2 Å². The maximum Gasteiger partial charge on any atom is 0.417 e. The molecule has 1 amide bonds. The van der Waals surface area contributed by atoms with E-state index in [1.165, 1.54) is 18.2 Å². The standard InChI is InChI=1S/C19H11ClF4N2O3/c1-2-18(28,10-29-13-5-6-15(20)16(21)8-13)17(27)26-12-4-3-11(9-25)14(7-12)19(22,23)24/h1,3-8,28H,10H2,(H,26,27)/t18-/m1/s1. The van der Waals surface area contributed by atoms with E-state index in [2.05, 4.69) is 0 Å². The number of terminal acetylenes is 1. The molecule has 0 aliphatic carbocycles. The second-order valence-electron chi connectivity index (χ2n) is 5.69. The van der Waals surface area contributed by atoms with Crippen molar-refractivity contribution in [1.29, 1.82) is 5.26 Å². The highest BCUT2D eigenvalue weighted by atomic mass is 35.5. The maximum absolute atomic E-state index is 13.4. The Balaban J connectivity index is 2.19. The van der Waals surface area contributed by atoms with E-state index >= 15 is 0 Å². The predicted octanol–water partition coefficient (Wildman–Crippen LogP) is 3.75. The van der Waals surface area contributed by atoms with Gasteiger partial charge in [-0.2, -0.15) is 18.4 Å². The summed E-state index contributed by atoms with van der Waals surface area (Å²) < 4.78 is 57.6. The number of aliphatic hydroxyl groups is 1. The first-order chi connectivity index (χ1) is 13.5. The number of hydrogen-bond acceptors (Lipinski definition) is 4. The third-order valence-corrected chi connectivity index (χ3v) is 3.96. The van der Waals surface area contributed by atoms with Crippen LogP contribution in [0.2, 0.25) is 5.02 Å². The molecule has 2 N–H and O–H groups in total.